The molecule has 1 aliphatic carbocycles. The molecule has 0 saturated heterocycles. The third kappa shape index (κ3) is 2.47. The fourth-order valence-electron chi connectivity index (χ4n) is 5.05. The van der Waals surface area contributed by atoms with Crippen molar-refractivity contribution < 1.29 is 0 Å². The van der Waals surface area contributed by atoms with Crippen LogP contribution >= 0.6 is 11.3 Å². The van der Waals surface area contributed by atoms with Crippen molar-refractivity contribution in [2.75, 3.05) is 0 Å². The average molecular weight is 421 g/mol. The molecule has 0 saturated carbocycles. The zero-order valence-corrected chi connectivity index (χ0v) is 18.2. The number of nitrogens with one attached hydrogen (secondary N) is 2. The van der Waals surface area contributed by atoms with Gasteiger partial charge in [-0.25, -0.2) is 9.97 Å². The third-order valence-corrected chi connectivity index (χ3v) is 7.70. The number of hydrogen-bond donors (Lipinski definition) is 2. The number of aryl methyl sites for hydroxylation is 4. The molecule has 6 aromatic rings. The Bertz CT molecular complexity index is 1660. The van der Waals surface area contributed by atoms with Crippen molar-refractivity contribution in [2.24, 2.45) is 0 Å². The lowest BCUT2D eigenvalue weighted by atomic mass is 9.91. The van der Waals surface area contributed by atoms with Gasteiger partial charge in [0.25, 0.3) is 0 Å². The minimum Gasteiger partial charge on any atom is -0.346 e. The van der Waals surface area contributed by atoms with E-state index in [1.807, 2.05) is 25.2 Å². The number of aromatic nitrogens is 4. The van der Waals surface area contributed by atoms with Crippen LogP contribution in [0.4, 0.5) is 0 Å². The molecule has 0 bridgehead atoms. The van der Waals surface area contributed by atoms with Gasteiger partial charge >= 0.3 is 0 Å². The second-order valence-corrected chi connectivity index (χ2v) is 9.54. The van der Waals surface area contributed by atoms with Crippen molar-refractivity contribution >= 4 is 43.2 Å². The molecule has 3 aromatic heterocycles. The number of fused-ring (bicyclic) bond motifs is 8. The first kappa shape index (κ1) is 17.3. The van der Waals surface area contributed by atoms with E-state index >= 15 is 0 Å². The van der Waals surface area contributed by atoms with Gasteiger partial charge in [-0.05, 0) is 66.8 Å². The zero-order chi connectivity index (χ0) is 20.7. The Morgan fingerprint density at radius 2 is 1.71 bits per heavy atom. The molecule has 0 aliphatic heterocycles. The summed E-state index contributed by atoms with van der Waals surface area (Å²) in [4.78, 5) is 17.5. The highest BCUT2D eigenvalue weighted by molar-refractivity contribution is 7.22. The second kappa shape index (κ2) is 6.05. The predicted octanol–water partition coefficient (Wildman–Crippen LogP) is 6.70. The Labute approximate surface area is 183 Å². The third-order valence-electron chi connectivity index (χ3n) is 6.44. The minimum absolute atomic E-state index is 0.955. The molecule has 7 rings (SSSR count). The van der Waals surface area contributed by atoms with E-state index in [2.05, 4.69) is 63.5 Å². The van der Waals surface area contributed by atoms with Crippen LogP contribution < -0.4 is 0 Å². The number of nitrogens with zero attached hydrogens (tertiary/aromatic N) is 2. The summed E-state index contributed by atoms with van der Waals surface area (Å²) >= 11 is 1.90. The lowest BCUT2D eigenvalue weighted by Crippen LogP contribution is -2.03. The normalized spacial score (nSPS) is 13.2. The largest absolute Gasteiger partial charge is 0.346 e. The number of benzene rings is 3. The van der Waals surface area contributed by atoms with E-state index in [1.165, 1.54) is 48.1 Å². The van der Waals surface area contributed by atoms with Gasteiger partial charge in [0.1, 0.15) is 11.6 Å². The maximum absolute atomic E-state index is 4.77. The highest BCUT2D eigenvalue weighted by Crippen LogP contribution is 2.42. The van der Waals surface area contributed by atoms with E-state index in [-0.39, 0.29) is 0 Å². The highest BCUT2D eigenvalue weighted by atomic mass is 32.1. The monoisotopic (exact) mass is 420 g/mol. The summed E-state index contributed by atoms with van der Waals surface area (Å²) < 4.78 is 1.40. The van der Waals surface area contributed by atoms with Gasteiger partial charge in [-0.1, -0.05) is 30.3 Å². The Hall–Kier alpha value is -3.44. The minimum atomic E-state index is 0.955. The summed E-state index contributed by atoms with van der Waals surface area (Å²) in [6, 6.07) is 17.9. The van der Waals surface area contributed by atoms with Gasteiger partial charge in [0.2, 0.25) is 0 Å². The first-order valence-corrected chi connectivity index (χ1v) is 11.5. The highest BCUT2D eigenvalue weighted by Gasteiger charge is 2.22. The van der Waals surface area contributed by atoms with Crippen LogP contribution in [0.3, 0.4) is 0 Å². The van der Waals surface area contributed by atoms with Crippen LogP contribution in [-0.4, -0.2) is 19.9 Å². The first-order valence-electron chi connectivity index (χ1n) is 10.6. The topological polar surface area (TPSA) is 57.4 Å². The van der Waals surface area contributed by atoms with Crippen LogP contribution in [0.15, 0.2) is 48.5 Å². The molecule has 3 aromatic carbocycles. The number of thiophene rings is 1. The van der Waals surface area contributed by atoms with E-state index < -0.39 is 0 Å². The molecule has 0 unspecified atom stereocenters. The van der Waals surface area contributed by atoms with Crippen molar-refractivity contribution in [1.29, 1.82) is 0 Å². The van der Waals surface area contributed by atoms with E-state index in [1.54, 1.807) is 0 Å². The number of imidazole rings is 2. The smallest absolute Gasteiger partial charge is 0.104 e. The molecule has 5 heteroatoms. The van der Waals surface area contributed by atoms with Gasteiger partial charge in [0.05, 0.1) is 16.7 Å². The summed E-state index contributed by atoms with van der Waals surface area (Å²) in [5, 5.41) is 3.76. The van der Waals surface area contributed by atoms with Gasteiger partial charge in [0, 0.05) is 26.2 Å². The molecule has 0 spiro atoms. The molecule has 150 valence electrons. The van der Waals surface area contributed by atoms with E-state index in [9.17, 15) is 0 Å². The van der Waals surface area contributed by atoms with Gasteiger partial charge < -0.3 is 9.97 Å². The van der Waals surface area contributed by atoms with Crippen LogP contribution in [0.25, 0.3) is 53.6 Å². The quantitative estimate of drug-likeness (QED) is 0.311. The van der Waals surface area contributed by atoms with Gasteiger partial charge in [0.15, 0.2) is 0 Å². The molecule has 0 amide bonds. The van der Waals surface area contributed by atoms with E-state index in [4.69, 9.17) is 4.98 Å². The van der Waals surface area contributed by atoms with Crippen molar-refractivity contribution in [3.63, 3.8) is 0 Å². The number of hydrogen-bond acceptors (Lipinski definition) is 3. The number of rotatable bonds is 1. The Balaban J connectivity index is 1.39. The molecular weight excluding hydrogens is 400 g/mol. The fraction of sp³-hybridized carbons (Fsp3) is 0.154. The SMILES string of the molecule is Cc1nc2c([nH]1)CCc1c-2ccc2cc(-c3ccc4c(ccc5[nH]c(C)nc54)c3)sc12. The molecule has 0 fully saturated rings. The second-order valence-electron chi connectivity index (χ2n) is 8.49. The summed E-state index contributed by atoms with van der Waals surface area (Å²) in [6.07, 6.45) is 2.10. The van der Waals surface area contributed by atoms with E-state index in [0.29, 0.717) is 0 Å². The van der Waals surface area contributed by atoms with Crippen LogP contribution in [0.2, 0.25) is 0 Å². The first-order chi connectivity index (χ1) is 15.1. The summed E-state index contributed by atoms with van der Waals surface area (Å²) in [7, 11) is 0. The molecule has 31 heavy (non-hydrogen) atoms. The van der Waals surface area contributed by atoms with Gasteiger partial charge in [-0.2, -0.15) is 0 Å². The van der Waals surface area contributed by atoms with Crippen molar-refractivity contribution in [2.45, 2.75) is 26.7 Å². The Morgan fingerprint density at radius 1 is 0.839 bits per heavy atom. The fourth-order valence-corrected chi connectivity index (χ4v) is 6.28. The lowest BCUT2D eigenvalue weighted by Gasteiger charge is -2.15. The molecular formula is C26H20N4S. The van der Waals surface area contributed by atoms with Gasteiger partial charge in [-0.15, -0.1) is 11.3 Å². The predicted molar refractivity (Wildman–Crippen MR) is 129 cm³/mol. The lowest BCUT2D eigenvalue weighted by molar-refractivity contribution is 0.913. The van der Waals surface area contributed by atoms with E-state index in [0.717, 1.165) is 41.2 Å². The molecule has 3 heterocycles. The van der Waals surface area contributed by atoms with Gasteiger partial charge in [-0.3, -0.25) is 0 Å². The molecule has 0 atom stereocenters. The summed E-state index contributed by atoms with van der Waals surface area (Å²) in [5.41, 5.74) is 8.57. The van der Waals surface area contributed by atoms with Crippen LogP contribution in [0.5, 0.6) is 0 Å². The van der Waals surface area contributed by atoms with Crippen molar-refractivity contribution in [1.82, 2.24) is 19.9 Å². The Morgan fingerprint density at radius 3 is 2.65 bits per heavy atom. The van der Waals surface area contributed by atoms with Crippen LogP contribution in [-0.2, 0) is 12.8 Å². The summed E-state index contributed by atoms with van der Waals surface area (Å²) in [6.45, 7) is 4.04. The summed E-state index contributed by atoms with van der Waals surface area (Å²) in [5.74, 6) is 1.96. The maximum atomic E-state index is 4.77. The average Bonchev–Trinajstić information content (AvgIpc) is 3.47. The maximum Gasteiger partial charge on any atom is 0.104 e. The Kier molecular flexibility index (Phi) is 3.37. The standard InChI is InChI=1S/C26H20N4S/c1-13-27-21-9-5-15-11-16(3-6-18(15)24(21)29-13)23-12-17-4-7-19-20(26(17)31-23)8-10-22-25(19)30-14(2)28-22/h3-7,9,11-12H,8,10H2,1-2H3,(H,27,29)(H,28,30). The van der Waals surface area contributed by atoms with Crippen LogP contribution in [0.1, 0.15) is 22.9 Å². The van der Waals surface area contributed by atoms with Crippen LogP contribution in [0, 0.1) is 13.8 Å². The number of aromatic amines is 2. The molecule has 1 aliphatic rings. The molecule has 0 radical (unpaired) electrons. The molecule has 4 nitrogen and oxygen atoms in total. The zero-order valence-electron chi connectivity index (χ0n) is 17.3. The van der Waals surface area contributed by atoms with Crippen molar-refractivity contribution in [3.8, 4) is 21.7 Å². The molecule has 2 N–H and O–H groups in total. The van der Waals surface area contributed by atoms with Crippen molar-refractivity contribution in [3.05, 3.63) is 71.4 Å². The number of H-pyrrole nitrogens is 2.